The second-order valence-corrected chi connectivity index (χ2v) is 10.5. The highest BCUT2D eigenvalue weighted by atomic mass is 32.5. The van der Waals surface area contributed by atoms with E-state index in [0.717, 1.165) is 23.3 Å². The largest absolute Gasteiger partial charge is 0.328 e. The lowest BCUT2D eigenvalue weighted by atomic mass is 10.1. The third kappa shape index (κ3) is 10.7. The summed E-state index contributed by atoms with van der Waals surface area (Å²) < 4.78 is 5.37. The van der Waals surface area contributed by atoms with Crippen molar-refractivity contribution in [2.24, 2.45) is 0 Å². The van der Waals surface area contributed by atoms with E-state index in [9.17, 15) is 9.79 Å². The van der Waals surface area contributed by atoms with Gasteiger partial charge in [0.2, 0.25) is 0 Å². The Kier molecular flexibility index (Phi) is 12.0. The van der Waals surface area contributed by atoms with Crippen LogP contribution in [0.5, 0.6) is 0 Å². The molecule has 0 aliphatic heterocycles. The maximum absolute atomic E-state index is 10.1. The number of unbranched alkanes of at least 4 members (excludes halogenated alkanes) is 9. The van der Waals surface area contributed by atoms with E-state index in [1.54, 1.807) is 0 Å². The average molecular weight is 375 g/mol. The van der Waals surface area contributed by atoms with Crippen molar-refractivity contribution in [1.29, 1.82) is 0 Å². The molecule has 0 bridgehead atoms. The van der Waals surface area contributed by atoms with Gasteiger partial charge in [0.25, 0.3) is 6.72 Å². The highest BCUT2D eigenvalue weighted by Gasteiger charge is 2.10. The zero-order valence-corrected chi connectivity index (χ0v) is 17.1. The summed E-state index contributed by atoms with van der Waals surface area (Å²) >= 11 is 0. The van der Waals surface area contributed by atoms with E-state index >= 15 is 0 Å². The smallest absolute Gasteiger partial charge is 0.281 e. The number of rotatable bonds is 13. The molecule has 2 N–H and O–H groups in total. The molecule has 140 valence electrons. The third-order valence-corrected chi connectivity index (χ3v) is 7.40. The highest BCUT2D eigenvalue weighted by Crippen LogP contribution is 2.41. The third-order valence-electron chi connectivity index (χ3n) is 4.12. The van der Waals surface area contributed by atoms with E-state index in [1.165, 1.54) is 51.4 Å². The van der Waals surface area contributed by atoms with Crippen LogP contribution in [0.4, 0.5) is 0 Å². The highest BCUT2D eigenvalue weighted by molar-refractivity contribution is 8.16. The van der Waals surface area contributed by atoms with Crippen LogP contribution in [0.25, 0.3) is 0 Å². The lowest BCUT2D eigenvalue weighted by Gasteiger charge is -2.13. The van der Waals surface area contributed by atoms with Crippen LogP contribution < -0.4 is 0 Å². The van der Waals surface area contributed by atoms with Crippen LogP contribution in [0.2, 0.25) is 0 Å². The zero-order valence-electron chi connectivity index (χ0n) is 15.3. The van der Waals surface area contributed by atoms with Gasteiger partial charge in [-0.15, -0.1) is 0 Å². The number of thiol groups is 1. The number of hydrogen-bond acceptors (Lipinski definition) is 1. The van der Waals surface area contributed by atoms with Crippen molar-refractivity contribution >= 4 is 17.7 Å². The molecule has 1 rings (SSSR count). The van der Waals surface area contributed by atoms with Gasteiger partial charge in [-0.25, -0.2) is 0 Å². The molecule has 1 aromatic rings. The van der Waals surface area contributed by atoms with Gasteiger partial charge in [0.15, 0.2) is 0 Å². The van der Waals surface area contributed by atoms with Gasteiger partial charge in [-0.05, 0) is 25.0 Å². The Balaban J connectivity index is 2.11. The molecule has 0 amide bonds. The molecule has 0 radical (unpaired) electrons. The van der Waals surface area contributed by atoms with Gasteiger partial charge < -0.3 is 14.3 Å². The van der Waals surface area contributed by atoms with Crippen molar-refractivity contribution in [2.45, 2.75) is 83.0 Å². The van der Waals surface area contributed by atoms with Crippen LogP contribution in [0.1, 0.15) is 76.7 Å². The molecule has 3 nitrogen and oxygen atoms in total. The summed E-state index contributed by atoms with van der Waals surface area (Å²) in [5, 5.41) is 0. The van der Waals surface area contributed by atoms with Gasteiger partial charge in [-0.3, -0.25) is 0 Å². The van der Waals surface area contributed by atoms with Crippen molar-refractivity contribution in [1.82, 2.24) is 0 Å². The molecule has 0 unspecified atom stereocenters. The van der Waals surface area contributed by atoms with Crippen molar-refractivity contribution in [2.75, 3.05) is 6.61 Å². The Morgan fingerprint density at radius 2 is 1.42 bits per heavy atom. The minimum absolute atomic E-state index is 0.441. The fourth-order valence-electron chi connectivity index (χ4n) is 2.62. The zero-order chi connectivity index (χ0) is 17.7. The predicted molar refractivity (Wildman–Crippen MR) is 107 cm³/mol. The number of hydrogen-bond donors (Lipinski definition) is 3. The first-order chi connectivity index (χ1) is 11.5. The number of aryl methyl sites for hydroxylation is 1. The summed E-state index contributed by atoms with van der Waals surface area (Å²) in [6.45, 7) is 1.37. The van der Waals surface area contributed by atoms with Crippen LogP contribution in [-0.2, 0) is 15.5 Å². The molecule has 0 saturated heterocycles. The minimum Gasteiger partial charge on any atom is -0.328 e. The minimum atomic E-state index is -3.30. The van der Waals surface area contributed by atoms with E-state index in [4.69, 9.17) is 4.52 Å². The predicted octanol–water partition coefficient (Wildman–Crippen LogP) is 5.77. The molecule has 0 saturated carbocycles. The van der Waals surface area contributed by atoms with Crippen LogP contribution in [0.15, 0.2) is 29.2 Å². The Morgan fingerprint density at radius 1 is 0.875 bits per heavy atom. The molecule has 24 heavy (non-hydrogen) atoms. The molecule has 0 heterocycles. The summed E-state index contributed by atoms with van der Waals surface area (Å²) in [4.78, 5) is 21.1. The Hall–Kier alpha value is -0.120. The Bertz CT molecular complexity index is 499. The van der Waals surface area contributed by atoms with Crippen LogP contribution >= 0.6 is 6.72 Å². The molecule has 0 atom stereocenters. The number of benzene rings is 1. The van der Waals surface area contributed by atoms with E-state index < -0.39 is 6.72 Å². The summed E-state index contributed by atoms with van der Waals surface area (Å²) in [5.41, 5.74) is 1.06. The second-order valence-electron chi connectivity index (χ2n) is 6.41. The maximum Gasteiger partial charge on any atom is 0.281 e. The van der Waals surface area contributed by atoms with E-state index in [-0.39, 0.29) is 0 Å². The summed E-state index contributed by atoms with van der Waals surface area (Å²) in [6, 6.07) is 7.76. The molecule has 0 aliphatic rings. The average Bonchev–Trinajstić information content (AvgIpc) is 2.54. The van der Waals surface area contributed by atoms with Gasteiger partial charge in [-0.2, -0.15) is 0 Å². The lowest BCUT2D eigenvalue weighted by molar-refractivity contribution is 0.245. The summed E-state index contributed by atoms with van der Waals surface area (Å²) in [6.07, 6.45) is 12.6. The first-order valence-electron chi connectivity index (χ1n) is 9.33. The molecule has 0 fully saturated rings. The van der Waals surface area contributed by atoms with Gasteiger partial charge in [0.1, 0.15) is 0 Å². The molecule has 1 aromatic carbocycles. The normalized spacial score (nSPS) is 11.8. The van der Waals surface area contributed by atoms with E-state index in [1.807, 2.05) is 31.2 Å². The van der Waals surface area contributed by atoms with Crippen molar-refractivity contribution in [3.05, 3.63) is 29.8 Å². The fourth-order valence-corrected chi connectivity index (χ4v) is 5.65. The van der Waals surface area contributed by atoms with Gasteiger partial charge >= 0.3 is 0 Å². The van der Waals surface area contributed by atoms with Crippen molar-refractivity contribution in [3.8, 4) is 0 Å². The van der Waals surface area contributed by atoms with Crippen molar-refractivity contribution < 1.29 is 14.3 Å². The Morgan fingerprint density at radius 3 is 2.00 bits per heavy atom. The SMILES string of the molecule is CCCCCCCCCCCCOP(O)(O)=[SH]c1ccccc1C. The molecule has 0 spiro atoms. The molecule has 0 aliphatic carbocycles. The van der Waals surface area contributed by atoms with E-state index in [0.29, 0.717) is 17.5 Å². The van der Waals surface area contributed by atoms with Gasteiger partial charge in [0, 0.05) is 4.90 Å². The monoisotopic (exact) mass is 374 g/mol. The van der Waals surface area contributed by atoms with Gasteiger partial charge in [-0.1, -0.05) is 93.9 Å². The maximum atomic E-state index is 10.1. The first-order valence-corrected chi connectivity index (χ1v) is 12.5. The fraction of sp³-hybridized carbons (Fsp3) is 0.684. The standard InChI is InChI=1S/C19H35O3PS/c1-3-4-5-6-7-8-9-10-11-14-17-22-23(20,21)24-19-16-13-12-15-18(19)2/h12-13,15-16,20-21,24H,3-11,14,17H2,1-2H3. The summed E-state index contributed by atoms with van der Waals surface area (Å²) in [5.74, 6) is 0. The summed E-state index contributed by atoms with van der Waals surface area (Å²) in [7, 11) is 0.498. The molecular formula is C19H35O3PS. The van der Waals surface area contributed by atoms with Crippen LogP contribution in [-0.4, -0.2) is 16.4 Å². The van der Waals surface area contributed by atoms with Crippen molar-refractivity contribution in [3.63, 3.8) is 0 Å². The molecule has 5 heteroatoms. The first kappa shape index (κ1) is 21.9. The quantitative estimate of drug-likeness (QED) is 0.233. The van der Waals surface area contributed by atoms with Crippen LogP contribution in [0.3, 0.4) is 0 Å². The topological polar surface area (TPSA) is 49.7 Å². The van der Waals surface area contributed by atoms with E-state index in [2.05, 4.69) is 6.92 Å². The molecule has 0 aromatic heterocycles. The second kappa shape index (κ2) is 13.1. The molecular weight excluding hydrogens is 339 g/mol. The van der Waals surface area contributed by atoms with Crippen LogP contribution in [0, 0.1) is 6.92 Å². The lowest BCUT2D eigenvalue weighted by Crippen LogP contribution is -1.95. The Labute approximate surface area is 151 Å². The van der Waals surface area contributed by atoms with Gasteiger partial charge in [0.05, 0.1) is 6.61 Å².